The van der Waals surface area contributed by atoms with Crippen LogP contribution in [0.15, 0.2) is 54.6 Å². The van der Waals surface area contributed by atoms with Crippen molar-refractivity contribution in [3.05, 3.63) is 71.7 Å². The maximum Gasteiger partial charge on any atom is 0.411 e. The Hall–Kier alpha value is -3.52. The summed E-state index contributed by atoms with van der Waals surface area (Å²) in [7, 11) is 1.97. The summed E-state index contributed by atoms with van der Waals surface area (Å²) in [5.41, 5.74) is 4.14. The Morgan fingerprint density at radius 1 is 1.14 bits per heavy atom. The molecule has 4 atom stereocenters. The van der Waals surface area contributed by atoms with Crippen molar-refractivity contribution in [2.75, 3.05) is 25.0 Å². The van der Waals surface area contributed by atoms with Crippen LogP contribution in [0.2, 0.25) is 0 Å². The minimum Gasteiger partial charge on any atom is -0.448 e. The monoisotopic (exact) mass is 476 g/mol. The van der Waals surface area contributed by atoms with Crippen molar-refractivity contribution in [2.24, 2.45) is 13.0 Å². The van der Waals surface area contributed by atoms with Gasteiger partial charge in [-0.3, -0.25) is 19.7 Å². The smallest absolute Gasteiger partial charge is 0.411 e. The zero-order valence-electron chi connectivity index (χ0n) is 19.9. The Morgan fingerprint density at radius 3 is 2.54 bits per heavy atom. The quantitative estimate of drug-likeness (QED) is 0.515. The molecule has 0 saturated carbocycles. The Morgan fingerprint density at radius 2 is 1.89 bits per heavy atom. The molecule has 2 aromatic carbocycles. The molecule has 0 spiro atoms. The highest BCUT2D eigenvalue weighted by Gasteiger charge is 2.42. The van der Waals surface area contributed by atoms with Gasteiger partial charge in [0.1, 0.15) is 12.4 Å². The number of aromatic nitrogens is 2. The van der Waals surface area contributed by atoms with Crippen molar-refractivity contribution >= 4 is 17.6 Å². The lowest BCUT2D eigenvalue weighted by atomic mass is 9.74. The molecule has 0 aliphatic carbocycles. The predicted octanol–water partition coefficient (Wildman–Crippen LogP) is 4.86. The van der Waals surface area contributed by atoms with E-state index in [0.717, 1.165) is 37.2 Å². The van der Waals surface area contributed by atoms with E-state index in [1.165, 1.54) is 24.8 Å². The molecular formula is C27H29FN4O3. The summed E-state index contributed by atoms with van der Waals surface area (Å²) >= 11 is 0. The summed E-state index contributed by atoms with van der Waals surface area (Å²) in [6.45, 7) is 3.74. The third-order valence-corrected chi connectivity index (χ3v) is 7.26. The van der Waals surface area contributed by atoms with Gasteiger partial charge in [-0.1, -0.05) is 0 Å². The van der Waals surface area contributed by atoms with E-state index in [0.29, 0.717) is 29.7 Å². The number of ketones is 1. The molecular weight excluding hydrogens is 447 g/mol. The fraction of sp³-hybridized carbons (Fsp3) is 0.370. The van der Waals surface area contributed by atoms with Crippen LogP contribution >= 0.6 is 0 Å². The van der Waals surface area contributed by atoms with E-state index < -0.39 is 6.09 Å². The van der Waals surface area contributed by atoms with Crippen LogP contribution in [0.25, 0.3) is 11.3 Å². The zero-order chi connectivity index (χ0) is 24.5. The van der Waals surface area contributed by atoms with Gasteiger partial charge in [-0.05, 0) is 86.8 Å². The third-order valence-electron chi connectivity index (χ3n) is 7.26. The van der Waals surface area contributed by atoms with Crippen molar-refractivity contribution in [2.45, 2.75) is 31.7 Å². The van der Waals surface area contributed by atoms with Crippen LogP contribution < -0.4 is 5.32 Å². The molecule has 3 aromatic rings. The fourth-order valence-electron chi connectivity index (χ4n) is 5.35. The second kappa shape index (κ2) is 9.62. The highest BCUT2D eigenvalue weighted by molar-refractivity contribution is 5.94. The van der Waals surface area contributed by atoms with E-state index >= 15 is 0 Å². The number of hydrogen-bond donors (Lipinski definition) is 1. The standard InChI is InChI=1S/C27H29FN4O3/c1-17(33)18-5-9-22(10-6-18)29-27(34)35-16-23-13-20-11-12-32(23)15-24(20)26-14-25(30-31(26)2)19-3-7-21(28)8-4-19/h3-10,14,20,23-24H,11-13,15-16H2,1-2H3,(H,29,34). The zero-order valence-corrected chi connectivity index (χ0v) is 19.9. The topological polar surface area (TPSA) is 76.5 Å². The Labute approximate surface area is 203 Å². The average Bonchev–Trinajstić information content (AvgIpc) is 3.25. The third kappa shape index (κ3) is 4.98. The molecule has 2 bridgehead atoms. The van der Waals surface area contributed by atoms with Crippen LogP contribution in [0.5, 0.6) is 0 Å². The summed E-state index contributed by atoms with van der Waals surface area (Å²) < 4.78 is 20.8. The SMILES string of the molecule is CC(=O)c1ccc(NC(=O)OCC2CC3CCN2CC3c2cc(-c3ccc(F)cc3)nn2C)cc1. The Balaban J connectivity index is 1.18. The van der Waals surface area contributed by atoms with Gasteiger partial charge in [-0.15, -0.1) is 0 Å². The molecule has 4 heterocycles. The number of amides is 1. The molecule has 1 aromatic heterocycles. The summed E-state index contributed by atoms with van der Waals surface area (Å²) in [4.78, 5) is 26.1. The van der Waals surface area contributed by atoms with Crippen LogP contribution in [0.3, 0.4) is 0 Å². The van der Waals surface area contributed by atoms with Crippen LogP contribution in [-0.4, -0.2) is 52.3 Å². The van der Waals surface area contributed by atoms with Gasteiger partial charge in [-0.25, -0.2) is 9.18 Å². The maximum absolute atomic E-state index is 13.3. The molecule has 3 aliphatic heterocycles. The Bertz CT molecular complexity index is 1220. The number of benzene rings is 2. The summed E-state index contributed by atoms with van der Waals surface area (Å²) in [5.74, 6) is 0.583. The minimum atomic E-state index is -0.490. The van der Waals surface area contributed by atoms with Gasteiger partial charge in [0.25, 0.3) is 0 Å². The van der Waals surface area contributed by atoms with Gasteiger partial charge in [0.05, 0.1) is 5.69 Å². The number of carbonyl (C=O) groups is 2. The predicted molar refractivity (Wildman–Crippen MR) is 131 cm³/mol. The van der Waals surface area contributed by atoms with Crippen molar-refractivity contribution in [3.63, 3.8) is 0 Å². The first-order valence-electron chi connectivity index (χ1n) is 12.0. The van der Waals surface area contributed by atoms with E-state index in [1.54, 1.807) is 36.4 Å². The second-order valence-corrected chi connectivity index (χ2v) is 9.48. The van der Waals surface area contributed by atoms with Gasteiger partial charge in [0.15, 0.2) is 5.78 Å². The Kier molecular flexibility index (Phi) is 6.38. The van der Waals surface area contributed by atoms with Crippen LogP contribution in [-0.2, 0) is 11.8 Å². The molecule has 3 saturated heterocycles. The molecule has 4 unspecified atom stereocenters. The minimum absolute atomic E-state index is 0.0170. The lowest BCUT2D eigenvalue weighted by Gasteiger charge is -2.49. The van der Waals surface area contributed by atoms with Crippen molar-refractivity contribution in [1.82, 2.24) is 14.7 Å². The van der Waals surface area contributed by atoms with Crippen molar-refractivity contribution in [1.29, 1.82) is 0 Å². The van der Waals surface area contributed by atoms with Gasteiger partial charge in [-0.2, -0.15) is 5.10 Å². The molecule has 1 N–H and O–H groups in total. The number of ether oxygens (including phenoxy) is 1. The molecule has 7 nitrogen and oxygen atoms in total. The number of halogens is 1. The van der Waals surface area contributed by atoms with Gasteiger partial charge >= 0.3 is 6.09 Å². The first-order valence-corrected chi connectivity index (χ1v) is 12.0. The van der Waals surface area contributed by atoms with E-state index in [4.69, 9.17) is 4.74 Å². The van der Waals surface area contributed by atoms with E-state index in [2.05, 4.69) is 21.4 Å². The molecule has 6 rings (SSSR count). The van der Waals surface area contributed by atoms with Crippen molar-refractivity contribution in [3.8, 4) is 11.3 Å². The van der Waals surface area contributed by atoms with E-state index in [1.807, 2.05) is 11.7 Å². The number of rotatable bonds is 6. The number of piperidine rings is 3. The number of carbonyl (C=O) groups excluding carboxylic acids is 2. The number of nitrogens with one attached hydrogen (secondary N) is 1. The van der Waals surface area contributed by atoms with Crippen molar-refractivity contribution < 1.29 is 18.7 Å². The number of fused-ring (bicyclic) bond motifs is 3. The molecule has 1 amide bonds. The van der Waals surface area contributed by atoms with Crippen LogP contribution in [0.1, 0.15) is 41.7 Å². The molecule has 3 aliphatic rings. The summed E-state index contributed by atoms with van der Waals surface area (Å²) in [6.07, 6.45) is 1.57. The molecule has 0 radical (unpaired) electrons. The first-order chi connectivity index (χ1) is 16.9. The number of hydrogen-bond acceptors (Lipinski definition) is 5. The number of anilines is 1. The second-order valence-electron chi connectivity index (χ2n) is 9.48. The molecule has 35 heavy (non-hydrogen) atoms. The van der Waals surface area contributed by atoms with Gasteiger partial charge in [0.2, 0.25) is 0 Å². The summed E-state index contributed by atoms with van der Waals surface area (Å²) in [6, 6.07) is 15.5. The highest BCUT2D eigenvalue weighted by Crippen LogP contribution is 2.42. The molecule has 8 heteroatoms. The lowest BCUT2D eigenvalue weighted by molar-refractivity contribution is -0.00222. The fourth-order valence-corrected chi connectivity index (χ4v) is 5.35. The lowest BCUT2D eigenvalue weighted by Crippen LogP contribution is -2.54. The average molecular weight is 477 g/mol. The van der Waals surface area contributed by atoms with Crippen LogP contribution in [0, 0.1) is 11.7 Å². The number of nitrogens with zero attached hydrogens (tertiary/aromatic N) is 3. The molecule has 182 valence electrons. The van der Waals surface area contributed by atoms with E-state index in [9.17, 15) is 14.0 Å². The number of aryl methyl sites for hydroxylation is 1. The van der Waals surface area contributed by atoms with E-state index in [-0.39, 0.29) is 17.6 Å². The first kappa shape index (κ1) is 23.2. The summed E-state index contributed by atoms with van der Waals surface area (Å²) in [5, 5.41) is 7.41. The normalized spacial score (nSPS) is 23.2. The van der Waals surface area contributed by atoms with Gasteiger partial charge < -0.3 is 4.74 Å². The number of Topliss-reactive ketones (excluding diaryl/α,β-unsaturated/α-hetero) is 1. The highest BCUT2D eigenvalue weighted by atomic mass is 19.1. The van der Waals surface area contributed by atoms with Gasteiger partial charge in [0, 0.05) is 48.1 Å². The molecule has 3 fully saturated rings. The maximum atomic E-state index is 13.3. The largest absolute Gasteiger partial charge is 0.448 e. The van der Waals surface area contributed by atoms with Crippen LogP contribution in [0.4, 0.5) is 14.9 Å².